The highest BCUT2D eigenvalue weighted by atomic mass is 16.4. The van der Waals surface area contributed by atoms with E-state index in [1.165, 1.54) is 0 Å². The van der Waals surface area contributed by atoms with Crippen molar-refractivity contribution in [3.63, 3.8) is 0 Å². The molecule has 20 heavy (non-hydrogen) atoms. The fraction of sp³-hybridized carbons (Fsp3) is 0.235. The van der Waals surface area contributed by atoms with Crippen molar-refractivity contribution in [2.45, 2.75) is 25.7 Å². The van der Waals surface area contributed by atoms with Crippen molar-refractivity contribution in [3.8, 4) is 16.9 Å². The molecule has 0 radical (unpaired) electrons. The highest BCUT2D eigenvalue weighted by Gasteiger charge is 2.13. The Labute approximate surface area is 118 Å². The van der Waals surface area contributed by atoms with Gasteiger partial charge in [0.1, 0.15) is 5.75 Å². The zero-order valence-corrected chi connectivity index (χ0v) is 11.4. The molecule has 1 atom stereocenters. The Morgan fingerprint density at radius 3 is 1.95 bits per heavy atom. The van der Waals surface area contributed by atoms with E-state index in [4.69, 9.17) is 5.11 Å². The third-order valence-corrected chi connectivity index (χ3v) is 3.50. The van der Waals surface area contributed by atoms with Gasteiger partial charge in [0, 0.05) is 0 Å². The Hall–Kier alpha value is -2.29. The number of rotatable bonds is 5. The molecule has 0 aliphatic carbocycles. The number of aliphatic carboxylic acids is 1. The summed E-state index contributed by atoms with van der Waals surface area (Å²) in [6, 6.07) is 15.0. The van der Waals surface area contributed by atoms with E-state index >= 15 is 0 Å². The molecule has 104 valence electrons. The van der Waals surface area contributed by atoms with Gasteiger partial charge in [-0.05, 0) is 41.2 Å². The molecule has 2 aromatic carbocycles. The van der Waals surface area contributed by atoms with E-state index in [2.05, 4.69) is 0 Å². The molecule has 0 amide bonds. The molecule has 0 aliphatic heterocycles. The summed E-state index contributed by atoms with van der Waals surface area (Å²) in [6.45, 7) is 2.00. The smallest absolute Gasteiger partial charge is 0.303 e. The van der Waals surface area contributed by atoms with E-state index in [1.54, 1.807) is 12.1 Å². The van der Waals surface area contributed by atoms with E-state index in [0.717, 1.165) is 23.1 Å². The van der Waals surface area contributed by atoms with Crippen LogP contribution in [0.3, 0.4) is 0 Å². The first-order valence-corrected chi connectivity index (χ1v) is 6.71. The van der Waals surface area contributed by atoms with Crippen LogP contribution in [-0.4, -0.2) is 16.2 Å². The highest BCUT2D eigenvalue weighted by Crippen LogP contribution is 2.27. The SMILES string of the molecule is CCC(CC(=O)O)c1ccc(-c2ccc(O)cc2)cc1. The molecule has 3 nitrogen and oxygen atoms in total. The van der Waals surface area contributed by atoms with Crippen LogP contribution in [0, 0.1) is 0 Å². The molecule has 1 unspecified atom stereocenters. The minimum atomic E-state index is -0.764. The Morgan fingerprint density at radius 1 is 1.00 bits per heavy atom. The van der Waals surface area contributed by atoms with Gasteiger partial charge in [0.05, 0.1) is 6.42 Å². The maximum atomic E-state index is 10.8. The third kappa shape index (κ3) is 3.38. The van der Waals surface area contributed by atoms with Gasteiger partial charge in [-0.15, -0.1) is 0 Å². The number of aromatic hydroxyl groups is 1. The molecule has 2 N–H and O–H groups in total. The molecule has 2 rings (SSSR count). The van der Waals surface area contributed by atoms with Gasteiger partial charge in [-0.25, -0.2) is 0 Å². The van der Waals surface area contributed by atoms with Gasteiger partial charge >= 0.3 is 5.97 Å². The van der Waals surface area contributed by atoms with Gasteiger partial charge in [0.15, 0.2) is 0 Å². The Kier molecular flexibility index (Phi) is 4.41. The topological polar surface area (TPSA) is 57.5 Å². The van der Waals surface area contributed by atoms with Crippen molar-refractivity contribution in [1.29, 1.82) is 0 Å². The number of carboxylic acid groups (broad SMARTS) is 1. The summed E-state index contributed by atoms with van der Waals surface area (Å²) < 4.78 is 0. The number of carboxylic acids is 1. The van der Waals surface area contributed by atoms with Gasteiger partial charge < -0.3 is 10.2 Å². The summed E-state index contributed by atoms with van der Waals surface area (Å²) in [6.07, 6.45) is 0.972. The molecule has 0 saturated heterocycles. The third-order valence-electron chi connectivity index (χ3n) is 3.50. The zero-order valence-electron chi connectivity index (χ0n) is 11.4. The van der Waals surface area contributed by atoms with Crippen LogP contribution >= 0.6 is 0 Å². The fourth-order valence-corrected chi connectivity index (χ4v) is 2.31. The second-order valence-corrected chi connectivity index (χ2v) is 4.87. The van der Waals surface area contributed by atoms with Crippen molar-refractivity contribution >= 4 is 5.97 Å². The summed E-state index contributed by atoms with van der Waals surface area (Å²) in [7, 11) is 0. The summed E-state index contributed by atoms with van der Waals surface area (Å²) in [4.78, 5) is 10.8. The molecule has 3 heteroatoms. The van der Waals surface area contributed by atoms with E-state index in [0.29, 0.717) is 0 Å². The highest BCUT2D eigenvalue weighted by molar-refractivity contribution is 5.68. The van der Waals surface area contributed by atoms with Crippen molar-refractivity contribution < 1.29 is 15.0 Å². The van der Waals surface area contributed by atoms with E-state index in [1.807, 2.05) is 43.3 Å². The lowest BCUT2D eigenvalue weighted by Gasteiger charge is -2.13. The molecular formula is C17H18O3. The molecule has 0 aliphatic rings. The lowest BCUT2D eigenvalue weighted by atomic mass is 9.92. The lowest BCUT2D eigenvalue weighted by Crippen LogP contribution is -2.05. The Bertz CT molecular complexity index is 570. The molecule has 0 heterocycles. The van der Waals surface area contributed by atoms with Crippen molar-refractivity contribution in [1.82, 2.24) is 0 Å². The second-order valence-electron chi connectivity index (χ2n) is 4.87. The van der Waals surface area contributed by atoms with Crippen LogP contribution in [0.25, 0.3) is 11.1 Å². The number of carbonyl (C=O) groups is 1. The molecule has 0 spiro atoms. The molecule has 0 bridgehead atoms. The Balaban J connectivity index is 2.20. The summed E-state index contributed by atoms with van der Waals surface area (Å²) in [5.74, 6) is -0.460. The van der Waals surface area contributed by atoms with Crippen LogP contribution < -0.4 is 0 Å². The first-order valence-electron chi connectivity index (χ1n) is 6.71. The molecule has 0 saturated carbocycles. The summed E-state index contributed by atoms with van der Waals surface area (Å²) in [5.41, 5.74) is 3.14. The number of phenols is 1. The molecule has 0 fully saturated rings. The monoisotopic (exact) mass is 270 g/mol. The van der Waals surface area contributed by atoms with Crippen LogP contribution in [0.5, 0.6) is 5.75 Å². The van der Waals surface area contributed by atoms with Gasteiger partial charge in [-0.1, -0.05) is 43.3 Å². The maximum Gasteiger partial charge on any atom is 0.303 e. The first-order chi connectivity index (χ1) is 9.60. The second kappa shape index (κ2) is 6.24. The van der Waals surface area contributed by atoms with Crippen LogP contribution in [0.15, 0.2) is 48.5 Å². The largest absolute Gasteiger partial charge is 0.508 e. The van der Waals surface area contributed by atoms with Crippen molar-refractivity contribution in [2.24, 2.45) is 0 Å². The first kappa shape index (κ1) is 14.1. The number of hydrogen-bond donors (Lipinski definition) is 2. The normalized spacial score (nSPS) is 12.1. The average molecular weight is 270 g/mol. The van der Waals surface area contributed by atoms with Crippen LogP contribution in [0.2, 0.25) is 0 Å². The molecule has 2 aromatic rings. The number of benzene rings is 2. The summed E-state index contributed by atoms with van der Waals surface area (Å²) >= 11 is 0. The van der Waals surface area contributed by atoms with Crippen LogP contribution in [-0.2, 0) is 4.79 Å². The van der Waals surface area contributed by atoms with E-state index in [-0.39, 0.29) is 18.1 Å². The van der Waals surface area contributed by atoms with Crippen LogP contribution in [0.1, 0.15) is 31.2 Å². The van der Waals surface area contributed by atoms with Crippen molar-refractivity contribution in [3.05, 3.63) is 54.1 Å². The number of hydrogen-bond acceptors (Lipinski definition) is 2. The fourth-order valence-electron chi connectivity index (χ4n) is 2.31. The standard InChI is InChI=1S/C17H18O3/c1-2-12(11-17(19)20)13-3-5-14(6-4-13)15-7-9-16(18)10-8-15/h3-10,12,18H,2,11H2,1H3,(H,19,20). The zero-order chi connectivity index (χ0) is 14.5. The predicted molar refractivity (Wildman–Crippen MR) is 78.8 cm³/mol. The lowest BCUT2D eigenvalue weighted by molar-refractivity contribution is -0.137. The van der Waals surface area contributed by atoms with Gasteiger partial charge in [-0.2, -0.15) is 0 Å². The molecular weight excluding hydrogens is 252 g/mol. The predicted octanol–water partition coefficient (Wildman–Crippen LogP) is 4.03. The minimum Gasteiger partial charge on any atom is -0.508 e. The van der Waals surface area contributed by atoms with Gasteiger partial charge in [0.25, 0.3) is 0 Å². The van der Waals surface area contributed by atoms with E-state index in [9.17, 15) is 9.90 Å². The maximum absolute atomic E-state index is 10.8. The van der Waals surface area contributed by atoms with Gasteiger partial charge in [-0.3, -0.25) is 4.79 Å². The van der Waals surface area contributed by atoms with Crippen LogP contribution in [0.4, 0.5) is 0 Å². The average Bonchev–Trinajstić information content (AvgIpc) is 2.46. The summed E-state index contributed by atoms with van der Waals surface area (Å²) in [5, 5.41) is 18.2. The number of phenolic OH excluding ortho intramolecular Hbond substituents is 1. The quantitative estimate of drug-likeness (QED) is 0.862. The molecule has 0 aromatic heterocycles. The van der Waals surface area contributed by atoms with Crippen molar-refractivity contribution in [2.75, 3.05) is 0 Å². The van der Waals surface area contributed by atoms with Gasteiger partial charge in [0.2, 0.25) is 0 Å². The minimum absolute atomic E-state index is 0.0568. The Morgan fingerprint density at radius 2 is 1.50 bits per heavy atom. The van der Waals surface area contributed by atoms with E-state index < -0.39 is 5.97 Å².